The highest BCUT2D eigenvalue weighted by molar-refractivity contribution is 6.84. The second kappa shape index (κ2) is 3.21. The van der Waals surface area contributed by atoms with Crippen LogP contribution in [0.1, 0.15) is 20.3 Å². The van der Waals surface area contributed by atoms with Crippen LogP contribution < -0.4 is 0 Å². The predicted octanol–water partition coefficient (Wildman–Crippen LogP) is 3.22. The molecular weight excluding hydrogens is 124 g/mol. The van der Waals surface area contributed by atoms with Crippen molar-refractivity contribution in [3.8, 4) is 0 Å². The summed E-state index contributed by atoms with van der Waals surface area (Å²) in [6.07, 6.45) is 1.17. The van der Waals surface area contributed by atoms with E-state index < -0.39 is 8.07 Å². The van der Waals surface area contributed by atoms with Gasteiger partial charge >= 0.3 is 0 Å². The summed E-state index contributed by atoms with van der Waals surface area (Å²) in [6.45, 7) is 13.3. The fraction of sp³-hybridized carbons (Fsp3) is 0.750. The summed E-state index contributed by atoms with van der Waals surface area (Å²) >= 11 is 0. The number of rotatable bonds is 3. The van der Waals surface area contributed by atoms with Gasteiger partial charge in [-0.25, -0.2) is 0 Å². The van der Waals surface area contributed by atoms with Crippen LogP contribution in [0.4, 0.5) is 0 Å². The molecule has 0 spiro atoms. The Balaban J connectivity index is 3.97. The lowest BCUT2D eigenvalue weighted by molar-refractivity contribution is 1.16. The van der Waals surface area contributed by atoms with E-state index in [1.54, 1.807) is 0 Å². The average molecular weight is 142 g/mol. The molecule has 0 amide bonds. The van der Waals surface area contributed by atoms with Gasteiger partial charge < -0.3 is 0 Å². The normalized spacial score (nSPS) is 11.6. The molecule has 0 fully saturated rings. The summed E-state index contributed by atoms with van der Waals surface area (Å²) in [5.74, 6) is 0. The lowest BCUT2D eigenvalue weighted by Crippen LogP contribution is -2.26. The quantitative estimate of drug-likeness (QED) is 0.531. The van der Waals surface area contributed by atoms with Gasteiger partial charge in [0.15, 0.2) is 0 Å². The molecule has 0 aromatic rings. The third kappa shape index (κ3) is 2.35. The van der Waals surface area contributed by atoms with Crippen molar-refractivity contribution in [2.45, 2.75) is 39.4 Å². The zero-order chi connectivity index (χ0) is 7.49. The monoisotopic (exact) mass is 142 g/mol. The first-order valence-electron chi connectivity index (χ1n) is 3.72. The van der Waals surface area contributed by atoms with Gasteiger partial charge in [0.2, 0.25) is 0 Å². The van der Waals surface area contributed by atoms with Crippen molar-refractivity contribution in [3.05, 3.63) is 11.8 Å². The largest absolute Gasteiger partial charge is 0.104 e. The molecule has 54 valence electrons. The summed E-state index contributed by atoms with van der Waals surface area (Å²) in [6, 6.07) is 1.33. The Hall–Kier alpha value is -0.0431. The number of allylic oxidation sites excluding steroid dienone is 1. The zero-order valence-electron chi connectivity index (χ0n) is 7.12. The molecule has 0 aromatic heterocycles. The summed E-state index contributed by atoms with van der Waals surface area (Å²) in [5.41, 5.74) is 0. The molecular formula is C8H18Si. The van der Waals surface area contributed by atoms with Crippen molar-refractivity contribution in [1.29, 1.82) is 0 Å². The van der Waals surface area contributed by atoms with E-state index in [-0.39, 0.29) is 0 Å². The predicted molar refractivity (Wildman–Crippen MR) is 47.4 cm³/mol. The Labute approximate surface area is 60.0 Å². The van der Waals surface area contributed by atoms with E-state index in [2.05, 4.69) is 33.5 Å². The van der Waals surface area contributed by atoms with E-state index in [0.29, 0.717) is 0 Å². The Morgan fingerprint density at radius 2 is 1.78 bits per heavy atom. The average Bonchev–Trinajstić information content (AvgIpc) is 1.86. The first-order valence-corrected chi connectivity index (χ1v) is 6.93. The minimum atomic E-state index is -0.975. The third-order valence-electron chi connectivity index (χ3n) is 2.27. The Bertz CT molecular complexity index is 103. The minimum absolute atomic E-state index is 0.975. The summed E-state index contributed by atoms with van der Waals surface area (Å²) in [7, 11) is -0.975. The molecule has 0 aliphatic heterocycles. The maximum Gasteiger partial charge on any atom is 0.0744 e. The van der Waals surface area contributed by atoms with Crippen molar-refractivity contribution in [2.24, 2.45) is 0 Å². The minimum Gasteiger partial charge on any atom is -0.104 e. The van der Waals surface area contributed by atoms with Gasteiger partial charge in [-0.15, -0.1) is 6.58 Å². The van der Waals surface area contributed by atoms with Crippen LogP contribution in [0.2, 0.25) is 19.1 Å². The lowest BCUT2D eigenvalue weighted by Gasteiger charge is -2.21. The number of hydrogen-bond acceptors (Lipinski definition) is 0. The van der Waals surface area contributed by atoms with E-state index in [4.69, 9.17) is 0 Å². The zero-order valence-corrected chi connectivity index (χ0v) is 8.12. The molecule has 0 nitrogen and oxygen atoms in total. The van der Waals surface area contributed by atoms with Crippen LogP contribution in [0.25, 0.3) is 0 Å². The first-order chi connectivity index (χ1) is 4.04. The molecule has 0 saturated carbocycles. The Morgan fingerprint density at radius 1 is 1.33 bits per heavy atom. The highest BCUT2D eigenvalue weighted by atomic mass is 28.3. The van der Waals surface area contributed by atoms with Gasteiger partial charge in [-0.1, -0.05) is 38.2 Å². The molecule has 0 unspecified atom stereocenters. The summed E-state index contributed by atoms with van der Waals surface area (Å²) < 4.78 is 0. The molecule has 0 heterocycles. The van der Waals surface area contributed by atoms with Gasteiger partial charge in [-0.05, 0) is 6.42 Å². The summed E-state index contributed by atoms with van der Waals surface area (Å²) in [4.78, 5) is 0. The van der Waals surface area contributed by atoms with Gasteiger partial charge in [0, 0.05) is 0 Å². The second-order valence-electron chi connectivity index (χ2n) is 3.19. The van der Waals surface area contributed by atoms with E-state index in [1.165, 1.54) is 17.7 Å². The second-order valence-corrected chi connectivity index (χ2v) is 8.38. The fourth-order valence-corrected chi connectivity index (χ4v) is 2.19. The molecule has 0 aromatic carbocycles. The fourth-order valence-electron chi connectivity index (χ4n) is 0.729. The first kappa shape index (κ1) is 8.96. The topological polar surface area (TPSA) is 0 Å². The number of hydrogen-bond donors (Lipinski definition) is 0. The highest BCUT2D eigenvalue weighted by Gasteiger charge is 2.19. The lowest BCUT2D eigenvalue weighted by atomic mass is 10.5. The van der Waals surface area contributed by atoms with Crippen LogP contribution >= 0.6 is 0 Å². The smallest absolute Gasteiger partial charge is 0.0744 e. The SMILES string of the molecule is C=C(CC)[Si](C)(C)CC. The Kier molecular flexibility index (Phi) is 3.19. The van der Waals surface area contributed by atoms with Crippen LogP contribution in [0.5, 0.6) is 0 Å². The molecule has 0 saturated heterocycles. The molecule has 0 N–H and O–H groups in total. The molecule has 0 aliphatic rings. The molecule has 0 aliphatic carbocycles. The standard InChI is InChI=1S/C8H18Si/c1-6-8(3)9(4,5)7-2/h3,6-7H2,1-2,4-5H3. The molecule has 1 heteroatoms. The van der Waals surface area contributed by atoms with Gasteiger partial charge in [0.1, 0.15) is 0 Å². The molecule has 9 heavy (non-hydrogen) atoms. The van der Waals surface area contributed by atoms with Crippen LogP contribution in [-0.2, 0) is 0 Å². The molecule has 0 atom stereocenters. The van der Waals surface area contributed by atoms with E-state index in [0.717, 1.165) is 0 Å². The van der Waals surface area contributed by atoms with Gasteiger partial charge in [0.05, 0.1) is 8.07 Å². The van der Waals surface area contributed by atoms with E-state index in [1.807, 2.05) is 0 Å². The van der Waals surface area contributed by atoms with Gasteiger partial charge in [0.25, 0.3) is 0 Å². The van der Waals surface area contributed by atoms with Crippen LogP contribution in [0, 0.1) is 0 Å². The molecule has 0 bridgehead atoms. The van der Waals surface area contributed by atoms with E-state index >= 15 is 0 Å². The van der Waals surface area contributed by atoms with Crippen molar-refractivity contribution >= 4 is 8.07 Å². The van der Waals surface area contributed by atoms with Gasteiger partial charge in [-0.2, -0.15) is 0 Å². The van der Waals surface area contributed by atoms with E-state index in [9.17, 15) is 0 Å². The maximum absolute atomic E-state index is 4.08. The summed E-state index contributed by atoms with van der Waals surface area (Å²) in [5, 5.41) is 1.50. The van der Waals surface area contributed by atoms with Crippen molar-refractivity contribution in [2.75, 3.05) is 0 Å². The Morgan fingerprint density at radius 3 is 1.89 bits per heavy atom. The van der Waals surface area contributed by atoms with Crippen LogP contribution in [-0.4, -0.2) is 8.07 Å². The van der Waals surface area contributed by atoms with Crippen molar-refractivity contribution < 1.29 is 0 Å². The highest BCUT2D eigenvalue weighted by Crippen LogP contribution is 2.19. The molecule has 0 rings (SSSR count). The van der Waals surface area contributed by atoms with Crippen LogP contribution in [0.15, 0.2) is 11.8 Å². The third-order valence-corrected chi connectivity index (χ3v) is 6.30. The van der Waals surface area contributed by atoms with Crippen LogP contribution in [0.3, 0.4) is 0 Å². The molecule has 0 radical (unpaired) electrons. The maximum atomic E-state index is 4.08. The van der Waals surface area contributed by atoms with Gasteiger partial charge in [-0.3, -0.25) is 0 Å². The van der Waals surface area contributed by atoms with Crippen molar-refractivity contribution in [1.82, 2.24) is 0 Å². The van der Waals surface area contributed by atoms with Crippen molar-refractivity contribution in [3.63, 3.8) is 0 Å².